The Balaban J connectivity index is 1.55. The van der Waals surface area contributed by atoms with Gasteiger partial charge in [-0.05, 0) is 60.8 Å². The molecule has 0 aliphatic carbocycles. The van der Waals surface area contributed by atoms with E-state index in [1.807, 2.05) is 42.6 Å². The molecule has 3 aromatic rings. The molecule has 1 atom stereocenters. The Morgan fingerprint density at radius 2 is 1.78 bits per heavy atom. The second-order valence-electron chi connectivity index (χ2n) is 5.72. The molecule has 2 aromatic carbocycles. The maximum Gasteiger partial charge on any atom is 0.265 e. The van der Waals surface area contributed by atoms with Gasteiger partial charge in [-0.25, -0.2) is 0 Å². The van der Waals surface area contributed by atoms with E-state index in [9.17, 15) is 9.59 Å². The van der Waals surface area contributed by atoms with Gasteiger partial charge < -0.3 is 10.6 Å². The number of rotatable bonds is 6. The largest absolute Gasteiger partial charge is 0.325 e. The molecule has 27 heavy (non-hydrogen) atoms. The molecule has 0 fully saturated rings. The number of carbonyl (C=O) groups is 2. The molecule has 0 saturated carbocycles. The second kappa shape index (κ2) is 9.08. The van der Waals surface area contributed by atoms with Crippen LogP contribution in [0.4, 0.5) is 11.4 Å². The molecule has 0 radical (unpaired) electrons. The first-order valence-corrected chi connectivity index (χ1v) is 10.3. The first kappa shape index (κ1) is 19.5. The predicted octanol–water partition coefficient (Wildman–Crippen LogP) is 5.77. The summed E-state index contributed by atoms with van der Waals surface area (Å²) in [5.41, 5.74) is 1.39. The molecule has 138 valence electrons. The van der Waals surface area contributed by atoms with Crippen molar-refractivity contribution in [2.45, 2.75) is 17.1 Å². The second-order valence-corrected chi connectivity index (χ2v) is 8.51. The van der Waals surface area contributed by atoms with Crippen molar-refractivity contribution in [3.63, 3.8) is 0 Å². The highest BCUT2D eigenvalue weighted by Crippen LogP contribution is 2.26. The van der Waals surface area contributed by atoms with Gasteiger partial charge in [0, 0.05) is 21.3 Å². The summed E-state index contributed by atoms with van der Waals surface area (Å²) in [6, 6.07) is 18.1. The normalized spacial score (nSPS) is 11.6. The lowest BCUT2D eigenvalue weighted by Gasteiger charge is -2.12. The molecule has 0 spiro atoms. The molecule has 1 aromatic heterocycles. The number of benzene rings is 2. The van der Waals surface area contributed by atoms with Gasteiger partial charge in [-0.15, -0.1) is 23.1 Å². The minimum atomic E-state index is -0.282. The Bertz CT molecular complexity index is 927. The smallest absolute Gasteiger partial charge is 0.265 e. The van der Waals surface area contributed by atoms with Crippen LogP contribution in [-0.2, 0) is 4.79 Å². The summed E-state index contributed by atoms with van der Waals surface area (Å²) in [5, 5.41) is 7.87. The lowest BCUT2D eigenvalue weighted by atomic mass is 10.3. The average Bonchev–Trinajstić information content (AvgIpc) is 3.18. The fourth-order valence-corrected chi connectivity index (χ4v) is 3.96. The van der Waals surface area contributed by atoms with Gasteiger partial charge in [-0.3, -0.25) is 9.59 Å². The van der Waals surface area contributed by atoms with Gasteiger partial charge in [-0.1, -0.05) is 23.7 Å². The fraction of sp³-hybridized carbons (Fsp3) is 0.100. The molecular weight excluding hydrogens is 400 g/mol. The molecule has 0 bridgehead atoms. The Kier molecular flexibility index (Phi) is 6.55. The number of nitrogens with one attached hydrogen (secondary N) is 2. The minimum absolute atomic E-state index is 0.0997. The zero-order valence-corrected chi connectivity index (χ0v) is 16.8. The molecule has 2 amide bonds. The topological polar surface area (TPSA) is 58.2 Å². The van der Waals surface area contributed by atoms with E-state index in [1.54, 1.807) is 30.3 Å². The van der Waals surface area contributed by atoms with Crippen LogP contribution in [-0.4, -0.2) is 17.1 Å². The van der Waals surface area contributed by atoms with Crippen molar-refractivity contribution in [1.82, 2.24) is 0 Å². The third-order valence-electron chi connectivity index (χ3n) is 3.63. The molecule has 0 saturated heterocycles. The van der Waals surface area contributed by atoms with E-state index >= 15 is 0 Å². The third-order valence-corrected chi connectivity index (χ3v) is 5.85. The monoisotopic (exact) mass is 416 g/mol. The summed E-state index contributed by atoms with van der Waals surface area (Å²) in [4.78, 5) is 26.0. The SMILES string of the molecule is CC(Sc1ccc(NC(=O)c2cccs2)cc1)C(=O)Nc1cccc(Cl)c1. The summed E-state index contributed by atoms with van der Waals surface area (Å²) < 4.78 is 0. The number of amides is 2. The van der Waals surface area contributed by atoms with Gasteiger partial charge in [0.15, 0.2) is 0 Å². The van der Waals surface area contributed by atoms with Gasteiger partial charge in [0.1, 0.15) is 0 Å². The Hall–Kier alpha value is -2.28. The van der Waals surface area contributed by atoms with E-state index in [0.29, 0.717) is 21.3 Å². The number of carbonyl (C=O) groups excluding carboxylic acids is 2. The van der Waals surface area contributed by atoms with Crippen molar-refractivity contribution in [3.05, 3.63) is 75.9 Å². The lowest BCUT2D eigenvalue weighted by Crippen LogP contribution is -2.22. The van der Waals surface area contributed by atoms with Crippen LogP contribution in [0.2, 0.25) is 5.02 Å². The van der Waals surface area contributed by atoms with Gasteiger partial charge in [0.2, 0.25) is 5.91 Å². The predicted molar refractivity (Wildman–Crippen MR) is 114 cm³/mol. The van der Waals surface area contributed by atoms with E-state index in [-0.39, 0.29) is 17.1 Å². The van der Waals surface area contributed by atoms with Crippen molar-refractivity contribution < 1.29 is 9.59 Å². The van der Waals surface area contributed by atoms with Gasteiger partial charge in [-0.2, -0.15) is 0 Å². The van der Waals surface area contributed by atoms with Gasteiger partial charge in [0.05, 0.1) is 10.1 Å². The molecule has 1 unspecified atom stereocenters. The van der Waals surface area contributed by atoms with Gasteiger partial charge >= 0.3 is 0 Å². The summed E-state index contributed by atoms with van der Waals surface area (Å²) in [6.45, 7) is 1.84. The molecule has 4 nitrogen and oxygen atoms in total. The summed E-state index contributed by atoms with van der Waals surface area (Å²) in [6.07, 6.45) is 0. The fourth-order valence-electron chi connectivity index (χ4n) is 2.29. The maximum absolute atomic E-state index is 12.3. The highest BCUT2D eigenvalue weighted by molar-refractivity contribution is 8.00. The van der Waals surface area contributed by atoms with E-state index in [1.165, 1.54) is 23.1 Å². The van der Waals surface area contributed by atoms with Crippen molar-refractivity contribution in [2.75, 3.05) is 10.6 Å². The van der Waals surface area contributed by atoms with Crippen LogP contribution in [0.15, 0.2) is 70.9 Å². The van der Waals surface area contributed by atoms with Crippen molar-refractivity contribution in [3.8, 4) is 0 Å². The summed E-state index contributed by atoms with van der Waals surface area (Å²) in [7, 11) is 0. The average molecular weight is 417 g/mol. The van der Waals surface area contributed by atoms with E-state index < -0.39 is 0 Å². The van der Waals surface area contributed by atoms with Crippen molar-refractivity contribution in [2.24, 2.45) is 0 Å². The minimum Gasteiger partial charge on any atom is -0.325 e. The number of anilines is 2. The Morgan fingerprint density at radius 1 is 1.00 bits per heavy atom. The van der Waals surface area contributed by atoms with Crippen LogP contribution < -0.4 is 10.6 Å². The van der Waals surface area contributed by atoms with E-state index in [4.69, 9.17) is 11.6 Å². The van der Waals surface area contributed by atoms with Crippen LogP contribution in [0.5, 0.6) is 0 Å². The highest BCUT2D eigenvalue weighted by Gasteiger charge is 2.15. The molecule has 0 aliphatic heterocycles. The number of thiophene rings is 1. The molecule has 3 rings (SSSR count). The van der Waals surface area contributed by atoms with Crippen molar-refractivity contribution in [1.29, 1.82) is 0 Å². The standard InChI is InChI=1S/C20H17ClN2O2S2/c1-13(19(24)23-16-5-2-4-14(21)12-16)27-17-9-7-15(8-10-17)22-20(25)18-6-3-11-26-18/h2-13H,1H3,(H,22,25)(H,23,24). The summed E-state index contributed by atoms with van der Waals surface area (Å²) >= 11 is 8.78. The lowest BCUT2D eigenvalue weighted by molar-refractivity contribution is -0.115. The van der Waals surface area contributed by atoms with Crippen LogP contribution in [0.1, 0.15) is 16.6 Å². The molecule has 1 heterocycles. The number of thioether (sulfide) groups is 1. The van der Waals surface area contributed by atoms with Crippen molar-refractivity contribution >= 4 is 57.9 Å². The molecule has 0 aliphatic rings. The van der Waals surface area contributed by atoms with Crippen LogP contribution in [0.3, 0.4) is 0 Å². The zero-order chi connectivity index (χ0) is 19.2. The highest BCUT2D eigenvalue weighted by atomic mass is 35.5. The van der Waals surface area contributed by atoms with Crippen LogP contribution in [0, 0.1) is 0 Å². The van der Waals surface area contributed by atoms with Crippen LogP contribution in [0.25, 0.3) is 0 Å². The van der Waals surface area contributed by atoms with E-state index in [2.05, 4.69) is 10.6 Å². The van der Waals surface area contributed by atoms with Gasteiger partial charge in [0.25, 0.3) is 5.91 Å². The third kappa shape index (κ3) is 5.60. The van der Waals surface area contributed by atoms with Crippen LogP contribution >= 0.6 is 34.7 Å². The Morgan fingerprint density at radius 3 is 2.44 bits per heavy atom. The molecule has 2 N–H and O–H groups in total. The summed E-state index contributed by atoms with van der Waals surface area (Å²) in [5.74, 6) is -0.225. The quantitative estimate of drug-likeness (QED) is 0.501. The molecular formula is C20H17ClN2O2S2. The Labute approximate surface area is 170 Å². The first-order valence-electron chi connectivity index (χ1n) is 8.19. The number of hydrogen-bond acceptors (Lipinski definition) is 4. The first-order chi connectivity index (χ1) is 13.0. The number of halogens is 1. The zero-order valence-electron chi connectivity index (χ0n) is 14.4. The number of hydrogen-bond donors (Lipinski definition) is 2. The molecule has 7 heteroatoms. The van der Waals surface area contributed by atoms with E-state index in [0.717, 1.165) is 4.90 Å². The maximum atomic E-state index is 12.3.